The second-order valence-electron chi connectivity index (χ2n) is 5.86. The quantitative estimate of drug-likeness (QED) is 0.875. The summed E-state index contributed by atoms with van der Waals surface area (Å²) in [6.45, 7) is 0.102. The highest BCUT2D eigenvalue weighted by Gasteiger charge is 2.36. The minimum Gasteiger partial charge on any atom is -0.474 e. The fraction of sp³-hybridized carbons (Fsp3) is 0.211. The molecule has 0 aromatic heterocycles. The van der Waals surface area contributed by atoms with Crippen molar-refractivity contribution < 1.29 is 19.5 Å². The van der Waals surface area contributed by atoms with E-state index in [2.05, 4.69) is 0 Å². The van der Waals surface area contributed by atoms with Crippen molar-refractivity contribution >= 4 is 17.7 Å². The number of amides is 1. The van der Waals surface area contributed by atoms with E-state index in [9.17, 15) is 14.4 Å². The Hall–Kier alpha value is -2.95. The zero-order valence-electron chi connectivity index (χ0n) is 13.0. The molecule has 2 aromatic carbocycles. The molecule has 5 heteroatoms. The fourth-order valence-electron chi connectivity index (χ4n) is 3.07. The Morgan fingerprint density at radius 3 is 2.29 bits per heavy atom. The number of ketones is 1. The fourth-order valence-corrected chi connectivity index (χ4v) is 3.07. The van der Waals surface area contributed by atoms with Crippen LogP contribution in [0.2, 0.25) is 0 Å². The summed E-state index contributed by atoms with van der Waals surface area (Å²) in [6.07, 6.45) is 0.569. The van der Waals surface area contributed by atoms with E-state index in [1.165, 1.54) is 4.90 Å². The number of Topliss-reactive ketones (excluding diaryl/α,β-unsaturated/α-hetero) is 1. The van der Waals surface area contributed by atoms with Gasteiger partial charge in [-0.3, -0.25) is 9.59 Å². The number of carbonyl (C=O) groups is 3. The van der Waals surface area contributed by atoms with Gasteiger partial charge in [0.15, 0.2) is 5.78 Å². The lowest BCUT2D eigenvalue weighted by molar-refractivity contribution is -0.158. The Labute approximate surface area is 139 Å². The number of hydrogen-bond acceptors (Lipinski definition) is 3. The van der Waals surface area contributed by atoms with E-state index in [0.29, 0.717) is 6.42 Å². The van der Waals surface area contributed by atoms with Gasteiger partial charge in [-0.15, -0.1) is 0 Å². The van der Waals surface area contributed by atoms with Crippen molar-refractivity contribution in [1.82, 2.24) is 4.90 Å². The van der Waals surface area contributed by atoms with Crippen LogP contribution in [0.1, 0.15) is 16.7 Å². The minimum atomic E-state index is -1.54. The molecule has 1 atom stereocenters. The highest BCUT2D eigenvalue weighted by Crippen LogP contribution is 2.24. The van der Waals surface area contributed by atoms with Gasteiger partial charge < -0.3 is 10.0 Å². The summed E-state index contributed by atoms with van der Waals surface area (Å²) in [5.41, 5.74) is 2.72. The number of hydrogen-bond donors (Lipinski definition) is 1. The van der Waals surface area contributed by atoms with Gasteiger partial charge in [0.25, 0.3) is 0 Å². The second kappa shape index (κ2) is 6.66. The molecule has 2 aromatic rings. The predicted molar refractivity (Wildman–Crippen MR) is 87.3 cm³/mol. The molecule has 122 valence electrons. The van der Waals surface area contributed by atoms with Gasteiger partial charge in [-0.05, 0) is 16.7 Å². The van der Waals surface area contributed by atoms with Crippen molar-refractivity contribution in [2.45, 2.75) is 25.4 Å². The van der Waals surface area contributed by atoms with Crippen LogP contribution in [0.5, 0.6) is 0 Å². The number of aliphatic carboxylic acids is 1. The zero-order chi connectivity index (χ0) is 17.1. The largest absolute Gasteiger partial charge is 0.474 e. The van der Waals surface area contributed by atoms with Crippen molar-refractivity contribution in [2.75, 3.05) is 0 Å². The molecular weight excluding hydrogens is 306 g/mol. The van der Waals surface area contributed by atoms with E-state index in [4.69, 9.17) is 5.11 Å². The van der Waals surface area contributed by atoms with Crippen LogP contribution in [0.25, 0.3) is 0 Å². The number of fused-ring (bicyclic) bond motifs is 1. The van der Waals surface area contributed by atoms with Gasteiger partial charge in [-0.1, -0.05) is 54.6 Å². The number of carbonyl (C=O) groups excluding carboxylic acids is 2. The number of carboxylic acids is 1. The van der Waals surface area contributed by atoms with Crippen LogP contribution < -0.4 is 0 Å². The lowest BCUT2D eigenvalue weighted by atomic mass is 9.86. The van der Waals surface area contributed by atoms with E-state index < -0.39 is 17.9 Å². The van der Waals surface area contributed by atoms with E-state index in [1.807, 2.05) is 54.6 Å². The third kappa shape index (κ3) is 3.20. The number of benzene rings is 2. The highest BCUT2D eigenvalue weighted by molar-refractivity contribution is 6.31. The van der Waals surface area contributed by atoms with Crippen LogP contribution in [0.3, 0.4) is 0 Å². The molecule has 0 saturated carbocycles. The van der Waals surface area contributed by atoms with Gasteiger partial charge in [0.2, 0.25) is 0 Å². The molecule has 24 heavy (non-hydrogen) atoms. The molecule has 0 heterocycles. The Bertz CT molecular complexity index is 785. The van der Waals surface area contributed by atoms with Crippen LogP contribution in [0, 0.1) is 0 Å². The molecule has 1 aliphatic carbocycles. The van der Waals surface area contributed by atoms with Gasteiger partial charge >= 0.3 is 11.9 Å². The number of carboxylic acid groups (broad SMARTS) is 1. The number of nitrogens with zero attached hydrogens (tertiary/aromatic N) is 1. The molecule has 0 spiro atoms. The van der Waals surface area contributed by atoms with Gasteiger partial charge in [0.05, 0.1) is 6.04 Å². The van der Waals surface area contributed by atoms with Crippen molar-refractivity contribution in [3.8, 4) is 0 Å². The van der Waals surface area contributed by atoms with Gasteiger partial charge in [0, 0.05) is 19.4 Å². The summed E-state index contributed by atoms with van der Waals surface area (Å²) in [5, 5.41) is 9.14. The maximum atomic E-state index is 12.5. The van der Waals surface area contributed by atoms with Gasteiger partial charge in [0.1, 0.15) is 0 Å². The van der Waals surface area contributed by atoms with Crippen LogP contribution in [-0.4, -0.2) is 33.7 Å². The maximum Gasteiger partial charge on any atom is 0.394 e. The van der Waals surface area contributed by atoms with Gasteiger partial charge in [-0.25, -0.2) is 4.79 Å². The Morgan fingerprint density at radius 2 is 1.62 bits per heavy atom. The molecule has 0 radical (unpaired) electrons. The molecule has 1 amide bonds. The first-order valence-electron chi connectivity index (χ1n) is 7.73. The summed E-state index contributed by atoms with van der Waals surface area (Å²) in [6, 6.07) is 15.9. The highest BCUT2D eigenvalue weighted by atomic mass is 16.4. The van der Waals surface area contributed by atoms with Crippen molar-refractivity contribution in [2.24, 2.45) is 0 Å². The Balaban J connectivity index is 1.92. The van der Waals surface area contributed by atoms with Crippen LogP contribution >= 0.6 is 0 Å². The normalized spacial score (nSPS) is 16.3. The first kappa shape index (κ1) is 15.9. The van der Waals surface area contributed by atoms with E-state index in [0.717, 1.165) is 16.7 Å². The lowest BCUT2D eigenvalue weighted by Crippen LogP contribution is -2.50. The Morgan fingerprint density at radius 1 is 1.00 bits per heavy atom. The maximum absolute atomic E-state index is 12.5. The van der Waals surface area contributed by atoms with Crippen molar-refractivity contribution in [3.63, 3.8) is 0 Å². The van der Waals surface area contributed by atoms with E-state index in [-0.39, 0.29) is 18.7 Å². The Kier molecular flexibility index (Phi) is 4.42. The molecule has 0 aliphatic heterocycles. The average molecular weight is 323 g/mol. The molecule has 0 bridgehead atoms. The summed E-state index contributed by atoms with van der Waals surface area (Å²) < 4.78 is 0. The van der Waals surface area contributed by atoms with Crippen molar-refractivity contribution in [1.29, 1.82) is 0 Å². The average Bonchev–Trinajstić information content (AvgIpc) is 2.59. The summed E-state index contributed by atoms with van der Waals surface area (Å²) in [4.78, 5) is 37.1. The summed E-state index contributed by atoms with van der Waals surface area (Å²) >= 11 is 0. The minimum absolute atomic E-state index is 0.102. The SMILES string of the molecule is O=C(O)C(=O)N(Cc1ccccc1)C1Cc2ccccc2CC1=O. The molecule has 3 rings (SSSR count). The van der Waals surface area contributed by atoms with E-state index >= 15 is 0 Å². The summed E-state index contributed by atoms with van der Waals surface area (Å²) in [5.74, 6) is -2.71. The summed E-state index contributed by atoms with van der Waals surface area (Å²) in [7, 11) is 0. The van der Waals surface area contributed by atoms with Gasteiger partial charge in [-0.2, -0.15) is 0 Å². The number of rotatable bonds is 3. The molecule has 1 aliphatic rings. The standard InChI is InChI=1S/C19H17NO4/c21-17-11-15-9-5-4-8-14(15)10-16(17)20(18(22)19(23)24)12-13-6-2-1-3-7-13/h1-9,16H,10-12H2,(H,23,24). The second-order valence-corrected chi connectivity index (χ2v) is 5.86. The first-order chi connectivity index (χ1) is 11.6. The monoisotopic (exact) mass is 323 g/mol. The predicted octanol–water partition coefficient (Wildman–Crippen LogP) is 1.84. The lowest BCUT2D eigenvalue weighted by Gasteiger charge is -2.33. The third-order valence-electron chi connectivity index (χ3n) is 4.28. The smallest absolute Gasteiger partial charge is 0.394 e. The molecule has 5 nitrogen and oxygen atoms in total. The molecular formula is C19H17NO4. The molecule has 1 unspecified atom stereocenters. The first-order valence-corrected chi connectivity index (χ1v) is 7.73. The molecule has 0 saturated heterocycles. The van der Waals surface area contributed by atoms with Crippen LogP contribution in [0.15, 0.2) is 54.6 Å². The zero-order valence-corrected chi connectivity index (χ0v) is 13.0. The van der Waals surface area contributed by atoms with Crippen LogP contribution in [-0.2, 0) is 33.8 Å². The van der Waals surface area contributed by atoms with Crippen molar-refractivity contribution in [3.05, 3.63) is 71.3 Å². The molecule has 1 N–H and O–H groups in total. The van der Waals surface area contributed by atoms with E-state index in [1.54, 1.807) is 0 Å². The molecule has 0 fully saturated rings. The van der Waals surface area contributed by atoms with Crippen LogP contribution in [0.4, 0.5) is 0 Å². The topological polar surface area (TPSA) is 74.7 Å². The third-order valence-corrected chi connectivity index (χ3v) is 4.28.